The maximum Gasteiger partial charge on any atom is 0.331 e. The van der Waals surface area contributed by atoms with E-state index in [9.17, 15) is 14.7 Å². The first kappa shape index (κ1) is 14.5. The van der Waals surface area contributed by atoms with Crippen molar-refractivity contribution in [1.82, 2.24) is 0 Å². The number of carbonyl (C=O) groups excluding carboxylic acids is 2. The molecule has 4 atom stereocenters. The van der Waals surface area contributed by atoms with E-state index in [-0.39, 0.29) is 29.7 Å². The van der Waals surface area contributed by atoms with Gasteiger partial charge in [0, 0.05) is 17.4 Å². The number of carbonyl (C=O) groups is 2. The standard InChI is InChI=1S/C17H22O4/c1-10(18)16(2)5-4-6-17(3)12-8-14(20)21-9-11(12)7-13(19)15(16)17/h7-8,13,15,19H,4-6,9H2,1-3H3/t13-,15+,16-,17-/m1/s1. The Kier molecular flexibility index (Phi) is 3.14. The number of fused-ring (bicyclic) bond motifs is 3. The van der Waals surface area contributed by atoms with Crippen molar-refractivity contribution in [2.45, 2.75) is 46.1 Å². The highest BCUT2D eigenvalue weighted by Gasteiger charge is 2.57. The number of Topliss-reactive ketones (excluding diaryl/α,β-unsaturated/α-hetero) is 1. The second-order valence-corrected chi connectivity index (χ2v) is 7.07. The first-order chi connectivity index (χ1) is 9.79. The molecule has 1 saturated carbocycles. The molecule has 21 heavy (non-hydrogen) atoms. The molecule has 0 saturated heterocycles. The van der Waals surface area contributed by atoms with E-state index in [0.29, 0.717) is 0 Å². The minimum Gasteiger partial charge on any atom is -0.458 e. The van der Waals surface area contributed by atoms with E-state index in [4.69, 9.17) is 4.74 Å². The number of aliphatic hydroxyl groups excluding tert-OH is 1. The summed E-state index contributed by atoms with van der Waals surface area (Å²) in [6, 6.07) is 0. The first-order valence-corrected chi connectivity index (χ1v) is 7.58. The number of esters is 1. The molecule has 3 aliphatic rings. The fourth-order valence-corrected chi connectivity index (χ4v) is 4.74. The monoisotopic (exact) mass is 290 g/mol. The summed E-state index contributed by atoms with van der Waals surface area (Å²) in [7, 11) is 0. The lowest BCUT2D eigenvalue weighted by Crippen LogP contribution is -2.55. The van der Waals surface area contributed by atoms with Crippen LogP contribution in [-0.2, 0) is 14.3 Å². The van der Waals surface area contributed by atoms with Crippen LogP contribution in [0, 0.1) is 16.7 Å². The molecular formula is C17H22O4. The summed E-state index contributed by atoms with van der Waals surface area (Å²) in [6.45, 7) is 5.88. The molecule has 0 aromatic heterocycles. The van der Waals surface area contributed by atoms with Crippen LogP contribution in [0.1, 0.15) is 40.0 Å². The first-order valence-electron chi connectivity index (χ1n) is 7.58. The minimum atomic E-state index is -0.673. The highest BCUT2D eigenvalue weighted by Crippen LogP contribution is 2.60. The van der Waals surface area contributed by atoms with Crippen molar-refractivity contribution in [3.05, 3.63) is 23.3 Å². The van der Waals surface area contributed by atoms with Crippen molar-refractivity contribution in [2.24, 2.45) is 16.7 Å². The number of ether oxygens (including phenoxy) is 1. The van der Waals surface area contributed by atoms with Gasteiger partial charge in [-0.1, -0.05) is 20.3 Å². The summed E-state index contributed by atoms with van der Waals surface area (Å²) in [5, 5.41) is 10.7. The molecule has 1 N–H and O–H groups in total. The fourth-order valence-electron chi connectivity index (χ4n) is 4.74. The SMILES string of the molecule is CC(=O)[C@@]1(C)CCC[C@]2(C)C3=CC(=O)OCC3=C[C@@H](O)[C@@H]12. The Labute approximate surface area is 124 Å². The Morgan fingerprint density at radius 2 is 2.10 bits per heavy atom. The molecule has 1 heterocycles. The molecule has 1 aliphatic heterocycles. The van der Waals surface area contributed by atoms with Crippen LogP contribution in [0.5, 0.6) is 0 Å². The predicted octanol–water partition coefficient (Wildman–Crippen LogP) is 2.17. The Hall–Kier alpha value is -1.42. The van der Waals surface area contributed by atoms with Gasteiger partial charge in [-0.25, -0.2) is 4.79 Å². The number of rotatable bonds is 1. The van der Waals surface area contributed by atoms with Crippen LogP contribution in [0.2, 0.25) is 0 Å². The van der Waals surface area contributed by atoms with Crippen LogP contribution in [0.25, 0.3) is 0 Å². The fraction of sp³-hybridized carbons (Fsp3) is 0.647. The van der Waals surface area contributed by atoms with E-state index in [1.807, 2.05) is 6.92 Å². The van der Waals surface area contributed by atoms with Crippen molar-refractivity contribution in [2.75, 3.05) is 6.61 Å². The zero-order valence-corrected chi connectivity index (χ0v) is 12.8. The average molecular weight is 290 g/mol. The van der Waals surface area contributed by atoms with Gasteiger partial charge >= 0.3 is 5.97 Å². The maximum absolute atomic E-state index is 12.2. The molecule has 0 amide bonds. The largest absolute Gasteiger partial charge is 0.458 e. The second kappa shape index (κ2) is 4.54. The number of aliphatic hydroxyl groups is 1. The molecule has 0 spiro atoms. The van der Waals surface area contributed by atoms with Crippen molar-refractivity contribution in [3.8, 4) is 0 Å². The molecule has 0 radical (unpaired) electrons. The predicted molar refractivity (Wildman–Crippen MR) is 77.4 cm³/mol. The van der Waals surface area contributed by atoms with Crippen LogP contribution in [-0.4, -0.2) is 29.6 Å². The molecular weight excluding hydrogens is 268 g/mol. The van der Waals surface area contributed by atoms with E-state index >= 15 is 0 Å². The van der Waals surface area contributed by atoms with E-state index in [1.165, 1.54) is 0 Å². The third-order valence-corrected chi connectivity index (χ3v) is 5.88. The summed E-state index contributed by atoms with van der Waals surface area (Å²) in [5.41, 5.74) is 0.966. The zero-order valence-electron chi connectivity index (χ0n) is 12.8. The molecule has 4 heteroatoms. The molecule has 114 valence electrons. The Morgan fingerprint density at radius 3 is 2.76 bits per heavy atom. The molecule has 4 nitrogen and oxygen atoms in total. The van der Waals surface area contributed by atoms with E-state index in [1.54, 1.807) is 19.1 Å². The number of ketones is 1. The van der Waals surface area contributed by atoms with Crippen molar-refractivity contribution in [1.29, 1.82) is 0 Å². The van der Waals surface area contributed by atoms with Gasteiger partial charge in [0.05, 0.1) is 6.10 Å². The lowest BCUT2D eigenvalue weighted by Gasteiger charge is -2.56. The third-order valence-electron chi connectivity index (χ3n) is 5.88. The van der Waals surface area contributed by atoms with Crippen LogP contribution >= 0.6 is 0 Å². The highest BCUT2D eigenvalue weighted by atomic mass is 16.5. The van der Waals surface area contributed by atoms with Gasteiger partial charge in [-0.05, 0) is 42.4 Å². The van der Waals surface area contributed by atoms with Gasteiger partial charge in [-0.2, -0.15) is 0 Å². The van der Waals surface area contributed by atoms with E-state index in [0.717, 1.165) is 30.4 Å². The number of hydrogen-bond donors (Lipinski definition) is 1. The molecule has 3 rings (SSSR count). The molecule has 1 fully saturated rings. The Bertz CT molecular complexity index is 573. The summed E-state index contributed by atoms with van der Waals surface area (Å²) in [5.74, 6) is -0.390. The lowest BCUT2D eigenvalue weighted by molar-refractivity contribution is -0.142. The number of cyclic esters (lactones) is 1. The van der Waals surface area contributed by atoms with E-state index < -0.39 is 11.5 Å². The van der Waals surface area contributed by atoms with Gasteiger partial charge in [-0.3, -0.25) is 4.79 Å². The van der Waals surface area contributed by atoms with Gasteiger partial charge in [0.2, 0.25) is 0 Å². The Balaban J connectivity index is 2.17. The van der Waals surface area contributed by atoms with Gasteiger partial charge in [0.25, 0.3) is 0 Å². The van der Waals surface area contributed by atoms with Crippen molar-refractivity contribution < 1.29 is 19.4 Å². The zero-order chi connectivity index (χ0) is 15.4. The quantitative estimate of drug-likeness (QED) is 0.752. The summed E-state index contributed by atoms with van der Waals surface area (Å²) < 4.78 is 5.06. The summed E-state index contributed by atoms with van der Waals surface area (Å²) >= 11 is 0. The van der Waals surface area contributed by atoms with Crippen molar-refractivity contribution in [3.63, 3.8) is 0 Å². The van der Waals surface area contributed by atoms with Crippen LogP contribution in [0.15, 0.2) is 23.3 Å². The van der Waals surface area contributed by atoms with Gasteiger partial charge in [-0.15, -0.1) is 0 Å². The smallest absolute Gasteiger partial charge is 0.331 e. The van der Waals surface area contributed by atoms with Crippen LogP contribution in [0.4, 0.5) is 0 Å². The molecule has 0 bridgehead atoms. The molecule has 2 aliphatic carbocycles. The lowest BCUT2D eigenvalue weighted by atomic mass is 9.48. The summed E-state index contributed by atoms with van der Waals surface area (Å²) in [6.07, 6.45) is 5.26. The van der Waals surface area contributed by atoms with Crippen LogP contribution in [0.3, 0.4) is 0 Å². The Morgan fingerprint density at radius 1 is 1.38 bits per heavy atom. The maximum atomic E-state index is 12.2. The molecule has 0 aromatic carbocycles. The average Bonchev–Trinajstić information content (AvgIpc) is 2.39. The third kappa shape index (κ3) is 1.92. The normalized spacial score (nSPS) is 42.2. The van der Waals surface area contributed by atoms with Crippen LogP contribution < -0.4 is 0 Å². The molecule has 0 unspecified atom stereocenters. The molecule has 0 aromatic rings. The van der Waals surface area contributed by atoms with E-state index in [2.05, 4.69) is 6.92 Å². The van der Waals surface area contributed by atoms with Gasteiger partial charge in [0.15, 0.2) is 0 Å². The highest BCUT2D eigenvalue weighted by molar-refractivity contribution is 5.87. The summed E-state index contributed by atoms with van der Waals surface area (Å²) in [4.78, 5) is 23.9. The van der Waals surface area contributed by atoms with Crippen molar-refractivity contribution >= 4 is 11.8 Å². The minimum absolute atomic E-state index is 0.119. The number of hydrogen-bond acceptors (Lipinski definition) is 4. The van der Waals surface area contributed by atoms with Gasteiger partial charge in [0.1, 0.15) is 12.4 Å². The van der Waals surface area contributed by atoms with Gasteiger partial charge < -0.3 is 9.84 Å². The topological polar surface area (TPSA) is 63.6 Å². The second-order valence-electron chi connectivity index (χ2n) is 7.07.